The fourth-order valence-corrected chi connectivity index (χ4v) is 2.22. The van der Waals surface area contributed by atoms with Gasteiger partial charge in [-0.05, 0) is 24.3 Å². The van der Waals surface area contributed by atoms with Crippen LogP contribution in [0, 0.1) is 5.41 Å². The molecule has 0 aliphatic carbocycles. The van der Waals surface area contributed by atoms with Gasteiger partial charge in [0.2, 0.25) is 0 Å². The third kappa shape index (κ3) is 2.94. The Bertz CT molecular complexity index is 360. The highest BCUT2D eigenvalue weighted by atomic mass is 16.1. The summed E-state index contributed by atoms with van der Waals surface area (Å²) in [5.74, 6) is 0.261. The molecule has 0 atom stereocenters. The van der Waals surface area contributed by atoms with Crippen molar-refractivity contribution < 1.29 is 4.79 Å². The van der Waals surface area contributed by atoms with E-state index in [-0.39, 0.29) is 16.6 Å². The lowest BCUT2D eigenvalue weighted by molar-refractivity contribution is -0.125. The average Bonchev–Trinajstić information content (AvgIpc) is 2.17. The van der Waals surface area contributed by atoms with Crippen molar-refractivity contribution in [2.24, 2.45) is 5.41 Å². The number of benzene rings is 1. The van der Waals surface area contributed by atoms with E-state index in [0.29, 0.717) is 0 Å². The predicted molar refractivity (Wildman–Crippen MR) is 68.5 cm³/mol. The molecule has 1 nitrogen and oxygen atoms in total. The zero-order valence-electron chi connectivity index (χ0n) is 11.0. The molecular formula is C15H22O. The van der Waals surface area contributed by atoms with Gasteiger partial charge in [0.25, 0.3) is 0 Å². The van der Waals surface area contributed by atoms with E-state index in [4.69, 9.17) is 0 Å². The van der Waals surface area contributed by atoms with E-state index in [1.54, 1.807) is 6.92 Å². The Labute approximate surface area is 98.9 Å². The largest absolute Gasteiger partial charge is 0.299 e. The molecule has 0 saturated carbocycles. The van der Waals surface area contributed by atoms with Gasteiger partial charge in [0.05, 0.1) is 0 Å². The first-order valence-electron chi connectivity index (χ1n) is 5.82. The van der Waals surface area contributed by atoms with Crippen molar-refractivity contribution >= 4 is 5.78 Å². The van der Waals surface area contributed by atoms with Gasteiger partial charge in [0, 0.05) is 5.41 Å². The SMILES string of the molecule is CC(=O)C(C)(C)CC(C)(C)c1ccccc1. The third-order valence-corrected chi connectivity index (χ3v) is 3.39. The molecule has 88 valence electrons. The Kier molecular flexibility index (Phi) is 3.57. The fourth-order valence-electron chi connectivity index (χ4n) is 2.22. The van der Waals surface area contributed by atoms with Crippen LogP contribution >= 0.6 is 0 Å². The lowest BCUT2D eigenvalue weighted by atomic mass is 9.70. The molecule has 0 N–H and O–H groups in total. The highest BCUT2D eigenvalue weighted by molar-refractivity contribution is 5.81. The van der Waals surface area contributed by atoms with E-state index >= 15 is 0 Å². The number of hydrogen-bond acceptors (Lipinski definition) is 1. The van der Waals surface area contributed by atoms with E-state index in [1.165, 1.54) is 5.56 Å². The zero-order chi connectivity index (χ0) is 12.4. The van der Waals surface area contributed by atoms with E-state index in [1.807, 2.05) is 19.9 Å². The number of ketones is 1. The minimum Gasteiger partial charge on any atom is -0.299 e. The molecule has 0 aliphatic rings. The van der Waals surface area contributed by atoms with Crippen molar-refractivity contribution in [3.8, 4) is 0 Å². The maximum atomic E-state index is 11.6. The van der Waals surface area contributed by atoms with Crippen LogP contribution in [-0.4, -0.2) is 5.78 Å². The third-order valence-electron chi connectivity index (χ3n) is 3.39. The van der Waals surface area contributed by atoms with Crippen molar-refractivity contribution in [1.82, 2.24) is 0 Å². The van der Waals surface area contributed by atoms with Gasteiger partial charge in [-0.15, -0.1) is 0 Å². The molecule has 1 aromatic carbocycles. The Morgan fingerprint density at radius 3 is 2.00 bits per heavy atom. The van der Waals surface area contributed by atoms with Gasteiger partial charge in [-0.25, -0.2) is 0 Å². The molecule has 0 spiro atoms. The van der Waals surface area contributed by atoms with E-state index in [0.717, 1.165) is 6.42 Å². The summed E-state index contributed by atoms with van der Waals surface area (Å²) in [4.78, 5) is 11.6. The first-order chi connectivity index (χ1) is 7.26. The van der Waals surface area contributed by atoms with Crippen molar-refractivity contribution in [1.29, 1.82) is 0 Å². The van der Waals surface area contributed by atoms with Crippen LogP contribution in [0.25, 0.3) is 0 Å². The van der Waals surface area contributed by atoms with Crippen LogP contribution in [0.1, 0.15) is 46.6 Å². The summed E-state index contributed by atoms with van der Waals surface area (Å²) >= 11 is 0. The van der Waals surface area contributed by atoms with Gasteiger partial charge in [-0.1, -0.05) is 58.0 Å². The first-order valence-corrected chi connectivity index (χ1v) is 5.82. The Hall–Kier alpha value is -1.11. The molecule has 0 unspecified atom stereocenters. The maximum Gasteiger partial charge on any atom is 0.135 e. The van der Waals surface area contributed by atoms with Crippen molar-refractivity contribution in [3.63, 3.8) is 0 Å². The molecule has 0 heterocycles. The molecule has 0 fully saturated rings. The van der Waals surface area contributed by atoms with Crippen LogP contribution in [0.2, 0.25) is 0 Å². The number of rotatable bonds is 4. The maximum absolute atomic E-state index is 11.6. The summed E-state index contributed by atoms with van der Waals surface area (Å²) in [6.45, 7) is 10.1. The van der Waals surface area contributed by atoms with Crippen LogP contribution in [0.4, 0.5) is 0 Å². The predicted octanol–water partition coefficient (Wildman–Crippen LogP) is 3.97. The van der Waals surface area contributed by atoms with Gasteiger partial charge in [0.15, 0.2) is 0 Å². The molecule has 0 bridgehead atoms. The number of carbonyl (C=O) groups excluding carboxylic acids is 1. The molecule has 16 heavy (non-hydrogen) atoms. The highest BCUT2D eigenvalue weighted by Gasteiger charge is 2.33. The normalized spacial score (nSPS) is 12.6. The summed E-state index contributed by atoms with van der Waals surface area (Å²) in [6, 6.07) is 10.4. The van der Waals surface area contributed by atoms with Gasteiger partial charge >= 0.3 is 0 Å². The summed E-state index contributed by atoms with van der Waals surface area (Å²) < 4.78 is 0. The molecule has 1 rings (SSSR count). The van der Waals surface area contributed by atoms with Crippen LogP contribution in [0.5, 0.6) is 0 Å². The van der Waals surface area contributed by atoms with E-state index in [2.05, 4.69) is 38.1 Å². The number of Topliss-reactive ketones (excluding diaryl/α,β-unsaturated/α-hetero) is 1. The molecule has 1 heteroatoms. The zero-order valence-corrected chi connectivity index (χ0v) is 11.0. The lowest BCUT2D eigenvalue weighted by Gasteiger charge is -2.33. The summed E-state index contributed by atoms with van der Waals surface area (Å²) in [6.07, 6.45) is 0.874. The highest BCUT2D eigenvalue weighted by Crippen LogP contribution is 2.36. The number of carbonyl (C=O) groups is 1. The fraction of sp³-hybridized carbons (Fsp3) is 0.533. The van der Waals surface area contributed by atoms with Gasteiger partial charge in [-0.3, -0.25) is 4.79 Å². The summed E-state index contributed by atoms with van der Waals surface area (Å²) in [5.41, 5.74) is 1.08. The van der Waals surface area contributed by atoms with Gasteiger partial charge in [-0.2, -0.15) is 0 Å². The average molecular weight is 218 g/mol. The molecule has 0 aliphatic heterocycles. The van der Waals surface area contributed by atoms with E-state index in [9.17, 15) is 4.79 Å². The van der Waals surface area contributed by atoms with Crippen LogP contribution in [-0.2, 0) is 10.2 Å². The quantitative estimate of drug-likeness (QED) is 0.747. The second-order valence-electron chi connectivity index (χ2n) is 5.87. The molecule has 0 aromatic heterocycles. The minimum absolute atomic E-state index is 0.0381. The number of hydrogen-bond donors (Lipinski definition) is 0. The molecular weight excluding hydrogens is 196 g/mol. The minimum atomic E-state index is -0.251. The van der Waals surface area contributed by atoms with Gasteiger partial charge < -0.3 is 0 Å². The van der Waals surface area contributed by atoms with Crippen molar-refractivity contribution in [2.75, 3.05) is 0 Å². The standard InChI is InChI=1S/C15H22O/c1-12(16)14(2,3)11-15(4,5)13-9-7-6-8-10-13/h6-10H,11H2,1-5H3. The van der Waals surface area contributed by atoms with Crippen LogP contribution in [0.3, 0.4) is 0 Å². The monoisotopic (exact) mass is 218 g/mol. The molecule has 1 aromatic rings. The second kappa shape index (κ2) is 4.40. The molecule has 0 amide bonds. The topological polar surface area (TPSA) is 17.1 Å². The van der Waals surface area contributed by atoms with Crippen LogP contribution in [0.15, 0.2) is 30.3 Å². The van der Waals surface area contributed by atoms with Crippen molar-refractivity contribution in [2.45, 2.75) is 46.5 Å². The Morgan fingerprint density at radius 2 is 1.56 bits per heavy atom. The Balaban J connectivity index is 2.92. The lowest BCUT2D eigenvalue weighted by Crippen LogP contribution is -2.31. The van der Waals surface area contributed by atoms with Gasteiger partial charge in [0.1, 0.15) is 5.78 Å². The van der Waals surface area contributed by atoms with Crippen LogP contribution < -0.4 is 0 Å². The molecule has 0 saturated heterocycles. The first kappa shape index (κ1) is 13.0. The second-order valence-corrected chi connectivity index (χ2v) is 5.87. The van der Waals surface area contributed by atoms with E-state index < -0.39 is 0 Å². The molecule has 0 radical (unpaired) electrons. The van der Waals surface area contributed by atoms with Crippen molar-refractivity contribution in [3.05, 3.63) is 35.9 Å². The summed E-state index contributed by atoms with van der Waals surface area (Å²) in [7, 11) is 0. The summed E-state index contributed by atoms with van der Waals surface area (Å²) in [5, 5.41) is 0. The Morgan fingerprint density at radius 1 is 1.06 bits per heavy atom. The smallest absolute Gasteiger partial charge is 0.135 e.